The first-order valence-corrected chi connectivity index (χ1v) is 7.48. The number of carbonyl (C=O) groups is 2. The van der Waals surface area contributed by atoms with Crippen LogP contribution in [0.15, 0.2) is 22.7 Å². The van der Waals surface area contributed by atoms with Gasteiger partial charge in [-0.1, -0.05) is 19.3 Å². The number of Topliss-reactive ketones (excluding diaryl/α,β-unsaturated/α-hetero) is 2. The van der Waals surface area contributed by atoms with Gasteiger partial charge in [-0.25, -0.2) is 0 Å². The van der Waals surface area contributed by atoms with Crippen LogP contribution in [0.2, 0.25) is 0 Å². The molecule has 0 spiro atoms. The van der Waals surface area contributed by atoms with Crippen molar-refractivity contribution >= 4 is 11.6 Å². The van der Waals surface area contributed by atoms with Crippen molar-refractivity contribution in [2.24, 2.45) is 5.41 Å². The summed E-state index contributed by atoms with van der Waals surface area (Å²) in [6.07, 6.45) is 5.69. The molecule has 4 nitrogen and oxygen atoms in total. The third kappa shape index (κ3) is 1.81. The van der Waals surface area contributed by atoms with E-state index in [2.05, 4.69) is 0 Å². The highest BCUT2D eigenvalue weighted by atomic mass is 16.3. The molecular formula is C16H20O4. The van der Waals surface area contributed by atoms with Gasteiger partial charge in [0, 0.05) is 42.2 Å². The molecule has 1 fully saturated rings. The van der Waals surface area contributed by atoms with Crippen molar-refractivity contribution in [2.45, 2.75) is 57.8 Å². The fourth-order valence-corrected chi connectivity index (χ4v) is 4.15. The molecule has 0 saturated heterocycles. The molecule has 3 aliphatic carbocycles. The third-order valence-electron chi connectivity index (χ3n) is 4.98. The number of ketones is 2. The van der Waals surface area contributed by atoms with E-state index in [4.69, 9.17) is 0 Å². The van der Waals surface area contributed by atoms with Crippen LogP contribution in [0.4, 0.5) is 0 Å². The van der Waals surface area contributed by atoms with Crippen LogP contribution in [0.1, 0.15) is 57.8 Å². The highest BCUT2D eigenvalue weighted by Crippen LogP contribution is 2.54. The number of rotatable bonds is 2. The van der Waals surface area contributed by atoms with Crippen LogP contribution in [0, 0.1) is 5.41 Å². The average molecular weight is 276 g/mol. The summed E-state index contributed by atoms with van der Waals surface area (Å²) < 4.78 is 0. The number of hydrogen-bond donors (Lipinski definition) is 2. The van der Waals surface area contributed by atoms with Gasteiger partial charge in [-0.15, -0.1) is 0 Å². The summed E-state index contributed by atoms with van der Waals surface area (Å²) in [6.45, 7) is 0. The van der Waals surface area contributed by atoms with E-state index in [0.29, 0.717) is 49.7 Å². The summed E-state index contributed by atoms with van der Waals surface area (Å²) in [5.74, 6) is 0.169. The van der Waals surface area contributed by atoms with Gasteiger partial charge in [0.05, 0.1) is 0 Å². The molecule has 1 saturated carbocycles. The lowest BCUT2D eigenvalue weighted by Crippen LogP contribution is -2.34. The summed E-state index contributed by atoms with van der Waals surface area (Å²) in [5.41, 5.74) is 0.135. The number of allylic oxidation sites excluding steroid dienone is 4. The largest absolute Gasteiger partial charge is 0.512 e. The van der Waals surface area contributed by atoms with E-state index in [1.165, 1.54) is 0 Å². The molecule has 0 heterocycles. The van der Waals surface area contributed by atoms with Crippen LogP contribution >= 0.6 is 0 Å². The number of carbonyl (C=O) groups excluding carboxylic acids is 2. The Labute approximate surface area is 118 Å². The molecule has 20 heavy (non-hydrogen) atoms. The van der Waals surface area contributed by atoms with Crippen molar-refractivity contribution in [1.29, 1.82) is 0 Å². The molecule has 4 heteroatoms. The van der Waals surface area contributed by atoms with Gasteiger partial charge < -0.3 is 10.2 Å². The van der Waals surface area contributed by atoms with E-state index in [1.807, 2.05) is 0 Å². The van der Waals surface area contributed by atoms with E-state index in [-0.39, 0.29) is 23.1 Å². The molecule has 0 aliphatic heterocycles. The Morgan fingerprint density at radius 1 is 0.700 bits per heavy atom. The fourth-order valence-electron chi connectivity index (χ4n) is 4.15. The van der Waals surface area contributed by atoms with E-state index < -0.39 is 5.41 Å². The van der Waals surface area contributed by atoms with E-state index in [0.717, 1.165) is 19.3 Å². The monoisotopic (exact) mass is 276 g/mol. The van der Waals surface area contributed by atoms with Crippen LogP contribution in [0.25, 0.3) is 0 Å². The molecule has 3 aliphatic rings. The summed E-state index contributed by atoms with van der Waals surface area (Å²) in [7, 11) is 0. The van der Waals surface area contributed by atoms with Gasteiger partial charge in [-0.2, -0.15) is 0 Å². The zero-order valence-corrected chi connectivity index (χ0v) is 11.6. The van der Waals surface area contributed by atoms with E-state index in [9.17, 15) is 19.8 Å². The predicted octanol–water partition coefficient (Wildman–Crippen LogP) is 3.29. The topological polar surface area (TPSA) is 74.6 Å². The van der Waals surface area contributed by atoms with Gasteiger partial charge in [0.1, 0.15) is 11.5 Å². The van der Waals surface area contributed by atoms with Crippen LogP contribution in [-0.2, 0) is 9.59 Å². The van der Waals surface area contributed by atoms with Crippen molar-refractivity contribution in [1.82, 2.24) is 0 Å². The van der Waals surface area contributed by atoms with Gasteiger partial charge in [0.25, 0.3) is 0 Å². The molecule has 0 aromatic rings. The van der Waals surface area contributed by atoms with E-state index in [1.54, 1.807) is 0 Å². The Bertz CT molecular complexity index is 491. The molecule has 0 amide bonds. The van der Waals surface area contributed by atoms with Crippen LogP contribution in [0.3, 0.4) is 0 Å². The quantitative estimate of drug-likeness (QED) is 0.811. The normalized spacial score (nSPS) is 26.8. The molecule has 3 rings (SSSR count). The Morgan fingerprint density at radius 3 is 1.50 bits per heavy atom. The van der Waals surface area contributed by atoms with Crippen molar-refractivity contribution in [3.05, 3.63) is 22.7 Å². The zero-order chi connectivity index (χ0) is 14.3. The maximum atomic E-state index is 12.2. The van der Waals surface area contributed by atoms with E-state index >= 15 is 0 Å². The summed E-state index contributed by atoms with van der Waals surface area (Å²) in [5, 5.41) is 20.3. The molecule has 0 bridgehead atoms. The maximum absolute atomic E-state index is 12.2. The first-order valence-electron chi connectivity index (χ1n) is 7.48. The first-order chi connectivity index (χ1) is 9.56. The maximum Gasteiger partial charge on any atom is 0.163 e. The average Bonchev–Trinajstić information content (AvgIpc) is 2.94. The standard InChI is InChI=1S/C16H20O4/c17-10-4-5-11(18)14(10)16(8-2-1-3-9-16)15-12(19)6-7-13(15)20/h17,19H,1-9H2. The van der Waals surface area contributed by atoms with Gasteiger partial charge in [0.2, 0.25) is 0 Å². The fraction of sp³-hybridized carbons (Fsp3) is 0.625. The molecule has 0 radical (unpaired) electrons. The van der Waals surface area contributed by atoms with Gasteiger partial charge in [0.15, 0.2) is 11.6 Å². The lowest BCUT2D eigenvalue weighted by atomic mass is 9.63. The minimum Gasteiger partial charge on any atom is -0.512 e. The Hall–Kier alpha value is -1.58. The zero-order valence-electron chi connectivity index (χ0n) is 11.6. The molecule has 0 aromatic carbocycles. The second-order valence-electron chi connectivity index (χ2n) is 6.13. The lowest BCUT2D eigenvalue weighted by molar-refractivity contribution is -0.117. The minimum atomic E-state index is -0.715. The second kappa shape index (κ2) is 4.76. The smallest absolute Gasteiger partial charge is 0.163 e. The third-order valence-corrected chi connectivity index (χ3v) is 4.98. The Kier molecular flexibility index (Phi) is 3.19. The second-order valence-corrected chi connectivity index (χ2v) is 6.13. The first kappa shape index (κ1) is 13.4. The molecule has 0 unspecified atom stereocenters. The van der Waals surface area contributed by atoms with Crippen molar-refractivity contribution in [3.8, 4) is 0 Å². The molecule has 108 valence electrons. The number of aliphatic hydroxyl groups excluding tert-OH is 2. The minimum absolute atomic E-state index is 0.0515. The number of hydrogen-bond acceptors (Lipinski definition) is 4. The van der Waals surface area contributed by atoms with Crippen LogP contribution < -0.4 is 0 Å². The molecular weight excluding hydrogens is 256 g/mol. The Balaban J connectivity index is 2.15. The predicted molar refractivity (Wildman–Crippen MR) is 73.3 cm³/mol. The van der Waals surface area contributed by atoms with Gasteiger partial charge >= 0.3 is 0 Å². The SMILES string of the molecule is O=C1CCC(O)=C1C1(C2=C(O)CCC2=O)CCCCC1. The molecule has 0 aromatic heterocycles. The molecule has 0 atom stereocenters. The lowest BCUT2D eigenvalue weighted by Gasteiger charge is -2.39. The van der Waals surface area contributed by atoms with Gasteiger partial charge in [-0.05, 0) is 12.8 Å². The van der Waals surface area contributed by atoms with Crippen LogP contribution in [0.5, 0.6) is 0 Å². The van der Waals surface area contributed by atoms with Crippen molar-refractivity contribution < 1.29 is 19.8 Å². The summed E-state index contributed by atoms with van der Waals surface area (Å²) in [4.78, 5) is 24.5. The highest BCUT2D eigenvalue weighted by Gasteiger charge is 2.50. The van der Waals surface area contributed by atoms with Gasteiger partial charge in [-0.3, -0.25) is 9.59 Å². The van der Waals surface area contributed by atoms with Crippen LogP contribution in [-0.4, -0.2) is 21.8 Å². The Morgan fingerprint density at radius 2 is 1.15 bits per heavy atom. The highest BCUT2D eigenvalue weighted by molar-refractivity contribution is 6.06. The number of aliphatic hydroxyl groups is 2. The van der Waals surface area contributed by atoms with Crippen molar-refractivity contribution in [3.63, 3.8) is 0 Å². The summed E-state index contributed by atoms with van der Waals surface area (Å²) in [6, 6.07) is 0. The summed E-state index contributed by atoms with van der Waals surface area (Å²) >= 11 is 0. The van der Waals surface area contributed by atoms with Crippen molar-refractivity contribution in [2.75, 3.05) is 0 Å². The molecule has 2 N–H and O–H groups in total.